The lowest BCUT2D eigenvalue weighted by molar-refractivity contribution is -0.120. The van der Waals surface area contributed by atoms with Gasteiger partial charge in [0, 0.05) is 39.3 Å². The van der Waals surface area contributed by atoms with E-state index in [0.29, 0.717) is 0 Å². The largest absolute Gasteiger partial charge is 0.354 e. The molecule has 1 heterocycles. The van der Waals surface area contributed by atoms with Crippen molar-refractivity contribution in [1.82, 2.24) is 15.5 Å². The zero-order chi connectivity index (χ0) is 11.1. The lowest BCUT2D eigenvalue weighted by atomic mass is 10.3. The van der Waals surface area contributed by atoms with Crippen LogP contribution >= 0.6 is 24.2 Å². The lowest BCUT2D eigenvalue weighted by Crippen LogP contribution is -2.46. The Morgan fingerprint density at radius 1 is 1.50 bits per heavy atom. The van der Waals surface area contributed by atoms with Crippen molar-refractivity contribution in [3.63, 3.8) is 0 Å². The van der Waals surface area contributed by atoms with E-state index in [4.69, 9.17) is 0 Å². The Morgan fingerprint density at radius 2 is 2.12 bits per heavy atom. The van der Waals surface area contributed by atoms with Gasteiger partial charge in [-0.05, 0) is 13.2 Å². The van der Waals surface area contributed by atoms with Gasteiger partial charge < -0.3 is 10.6 Å². The third kappa shape index (κ3) is 5.94. The average molecular weight is 268 g/mol. The average Bonchev–Trinajstić information content (AvgIpc) is 2.29. The van der Waals surface area contributed by atoms with Crippen LogP contribution in [0.1, 0.15) is 6.92 Å². The lowest BCUT2D eigenvalue weighted by Gasteiger charge is -2.27. The normalized spacial score (nSPS) is 18.6. The maximum atomic E-state index is 11.5. The molecule has 0 spiro atoms. The van der Waals surface area contributed by atoms with Gasteiger partial charge in [0.1, 0.15) is 0 Å². The molecule has 1 amide bonds. The van der Waals surface area contributed by atoms with Crippen molar-refractivity contribution in [1.29, 1.82) is 0 Å². The maximum absolute atomic E-state index is 11.5. The number of carbonyl (C=O) groups excluding carboxylic acids is 1. The molecule has 1 atom stereocenters. The zero-order valence-corrected chi connectivity index (χ0v) is 11.6. The molecule has 0 aromatic carbocycles. The highest BCUT2D eigenvalue weighted by Crippen LogP contribution is 2.03. The van der Waals surface area contributed by atoms with Crippen molar-refractivity contribution in [2.45, 2.75) is 12.2 Å². The number of nitrogens with zero attached hydrogens (tertiary/aromatic N) is 1. The second kappa shape index (κ2) is 9.10. The molecule has 0 aromatic heterocycles. The van der Waals surface area contributed by atoms with Crippen LogP contribution in [0.25, 0.3) is 0 Å². The molecular formula is C10H22ClN3OS. The van der Waals surface area contributed by atoms with Gasteiger partial charge in [0.15, 0.2) is 0 Å². The van der Waals surface area contributed by atoms with E-state index >= 15 is 0 Å². The summed E-state index contributed by atoms with van der Waals surface area (Å²) in [4.78, 5) is 13.8. The van der Waals surface area contributed by atoms with Crippen LogP contribution in [0.2, 0.25) is 0 Å². The van der Waals surface area contributed by atoms with E-state index in [9.17, 15) is 4.79 Å². The molecule has 1 aliphatic heterocycles. The SMILES string of the molecule is CSC(C)C(=O)NCCN1CCNCC1.Cl. The van der Waals surface area contributed by atoms with Crippen LogP contribution in [0.4, 0.5) is 0 Å². The van der Waals surface area contributed by atoms with Gasteiger partial charge in [-0.2, -0.15) is 11.8 Å². The predicted molar refractivity (Wildman–Crippen MR) is 72.5 cm³/mol. The first kappa shape index (κ1) is 16.0. The second-order valence-electron chi connectivity index (χ2n) is 3.76. The smallest absolute Gasteiger partial charge is 0.232 e. The van der Waals surface area contributed by atoms with E-state index in [1.807, 2.05) is 13.2 Å². The van der Waals surface area contributed by atoms with Gasteiger partial charge in [-0.3, -0.25) is 9.69 Å². The van der Waals surface area contributed by atoms with E-state index in [1.54, 1.807) is 11.8 Å². The van der Waals surface area contributed by atoms with Crippen LogP contribution in [-0.4, -0.2) is 61.6 Å². The van der Waals surface area contributed by atoms with E-state index in [0.717, 1.165) is 39.3 Å². The van der Waals surface area contributed by atoms with Crippen LogP contribution in [-0.2, 0) is 4.79 Å². The van der Waals surface area contributed by atoms with Crippen molar-refractivity contribution < 1.29 is 4.79 Å². The molecule has 2 N–H and O–H groups in total. The van der Waals surface area contributed by atoms with Gasteiger partial charge in [0.05, 0.1) is 5.25 Å². The van der Waals surface area contributed by atoms with Crippen molar-refractivity contribution in [3.05, 3.63) is 0 Å². The molecule has 1 fully saturated rings. The number of piperazine rings is 1. The van der Waals surface area contributed by atoms with Crippen molar-refractivity contribution in [2.24, 2.45) is 0 Å². The van der Waals surface area contributed by atoms with Gasteiger partial charge in [-0.15, -0.1) is 12.4 Å². The quantitative estimate of drug-likeness (QED) is 0.746. The number of nitrogens with one attached hydrogen (secondary N) is 2. The number of amides is 1. The molecule has 1 saturated heterocycles. The summed E-state index contributed by atoms with van der Waals surface area (Å²) in [6, 6.07) is 0. The molecule has 0 saturated carbocycles. The summed E-state index contributed by atoms with van der Waals surface area (Å²) < 4.78 is 0. The number of hydrogen-bond acceptors (Lipinski definition) is 4. The Balaban J connectivity index is 0.00000225. The van der Waals surface area contributed by atoms with Crippen LogP contribution in [0, 0.1) is 0 Å². The molecule has 0 bridgehead atoms. The molecule has 0 aliphatic carbocycles. The van der Waals surface area contributed by atoms with E-state index < -0.39 is 0 Å². The summed E-state index contributed by atoms with van der Waals surface area (Å²) in [7, 11) is 0. The summed E-state index contributed by atoms with van der Waals surface area (Å²) in [5.41, 5.74) is 0. The Hall–Kier alpha value is 0.0300. The Bertz CT molecular complexity index is 201. The summed E-state index contributed by atoms with van der Waals surface area (Å²) in [5.74, 6) is 0.151. The molecule has 16 heavy (non-hydrogen) atoms. The molecule has 1 rings (SSSR count). The highest BCUT2D eigenvalue weighted by molar-refractivity contribution is 7.99. The molecule has 1 unspecified atom stereocenters. The summed E-state index contributed by atoms with van der Waals surface area (Å²) >= 11 is 1.58. The number of halogens is 1. The summed E-state index contributed by atoms with van der Waals surface area (Å²) in [6.45, 7) is 7.98. The first-order valence-electron chi connectivity index (χ1n) is 5.47. The van der Waals surface area contributed by atoms with Crippen LogP contribution in [0.3, 0.4) is 0 Å². The van der Waals surface area contributed by atoms with Crippen LogP contribution < -0.4 is 10.6 Å². The van der Waals surface area contributed by atoms with Gasteiger partial charge in [0.2, 0.25) is 5.91 Å². The monoisotopic (exact) mass is 267 g/mol. The van der Waals surface area contributed by atoms with Gasteiger partial charge in [0.25, 0.3) is 0 Å². The fraction of sp³-hybridized carbons (Fsp3) is 0.900. The first-order chi connectivity index (χ1) is 7.24. The van der Waals surface area contributed by atoms with Gasteiger partial charge in [-0.1, -0.05) is 0 Å². The molecule has 1 aliphatic rings. The molecule has 96 valence electrons. The number of rotatable bonds is 5. The van der Waals surface area contributed by atoms with Crippen LogP contribution in [0.5, 0.6) is 0 Å². The number of thioether (sulfide) groups is 1. The van der Waals surface area contributed by atoms with Crippen molar-refractivity contribution >= 4 is 30.1 Å². The molecular weight excluding hydrogens is 246 g/mol. The van der Waals surface area contributed by atoms with Gasteiger partial charge >= 0.3 is 0 Å². The van der Waals surface area contributed by atoms with E-state index in [2.05, 4.69) is 15.5 Å². The Morgan fingerprint density at radius 3 is 2.69 bits per heavy atom. The Kier molecular flexibility index (Phi) is 9.12. The minimum absolute atomic E-state index is 0. The second-order valence-corrected chi connectivity index (χ2v) is 4.94. The summed E-state index contributed by atoms with van der Waals surface area (Å²) in [5, 5.41) is 6.33. The maximum Gasteiger partial charge on any atom is 0.232 e. The molecule has 0 aromatic rings. The standard InChI is InChI=1S/C10H21N3OS.ClH/c1-9(15-2)10(14)12-5-8-13-6-3-11-4-7-13;/h9,11H,3-8H2,1-2H3,(H,12,14);1H. The van der Waals surface area contributed by atoms with Crippen molar-refractivity contribution in [3.8, 4) is 0 Å². The highest BCUT2D eigenvalue weighted by atomic mass is 35.5. The summed E-state index contributed by atoms with van der Waals surface area (Å²) in [6.07, 6.45) is 1.96. The Labute approximate surface area is 108 Å². The number of carbonyl (C=O) groups is 1. The molecule has 6 heteroatoms. The zero-order valence-electron chi connectivity index (χ0n) is 9.99. The predicted octanol–water partition coefficient (Wildman–Crippen LogP) is 0.181. The highest BCUT2D eigenvalue weighted by Gasteiger charge is 2.12. The first-order valence-corrected chi connectivity index (χ1v) is 6.76. The minimum Gasteiger partial charge on any atom is -0.354 e. The third-order valence-electron chi connectivity index (χ3n) is 2.66. The molecule has 0 radical (unpaired) electrons. The number of hydrogen-bond donors (Lipinski definition) is 2. The van der Waals surface area contributed by atoms with Crippen molar-refractivity contribution in [2.75, 3.05) is 45.5 Å². The minimum atomic E-state index is 0. The molecule has 4 nitrogen and oxygen atoms in total. The fourth-order valence-electron chi connectivity index (χ4n) is 1.52. The van der Waals surface area contributed by atoms with E-state index in [1.165, 1.54) is 0 Å². The van der Waals surface area contributed by atoms with E-state index in [-0.39, 0.29) is 23.6 Å². The van der Waals surface area contributed by atoms with Crippen LogP contribution in [0.15, 0.2) is 0 Å². The topological polar surface area (TPSA) is 44.4 Å². The third-order valence-corrected chi connectivity index (χ3v) is 3.58. The van der Waals surface area contributed by atoms with Gasteiger partial charge in [-0.25, -0.2) is 0 Å². The fourth-order valence-corrected chi connectivity index (χ4v) is 1.82.